The van der Waals surface area contributed by atoms with E-state index >= 15 is 0 Å². The summed E-state index contributed by atoms with van der Waals surface area (Å²) in [4.78, 5) is 2.76. The number of nitrogens with one attached hydrogen (secondary N) is 1. The lowest BCUT2D eigenvalue weighted by atomic mass is 9.88. The first-order valence-electron chi connectivity index (χ1n) is 8.22. The summed E-state index contributed by atoms with van der Waals surface area (Å²) < 4.78 is 0. The number of nitrogens with zero attached hydrogens (tertiary/aromatic N) is 1. The molecule has 104 valence electrons. The second-order valence-corrected chi connectivity index (χ2v) is 7.14. The predicted octanol–water partition coefficient (Wildman–Crippen LogP) is 2.74. The molecule has 0 aromatic heterocycles. The molecule has 1 saturated heterocycles. The van der Waals surface area contributed by atoms with Crippen molar-refractivity contribution in [3.8, 4) is 0 Å². The van der Waals surface area contributed by atoms with E-state index in [9.17, 15) is 0 Å². The zero-order valence-corrected chi connectivity index (χ0v) is 12.2. The van der Waals surface area contributed by atoms with Crippen LogP contribution in [0, 0.1) is 23.7 Å². The quantitative estimate of drug-likeness (QED) is 0.825. The molecule has 3 fully saturated rings. The van der Waals surface area contributed by atoms with E-state index < -0.39 is 0 Å². The first kappa shape index (κ1) is 12.9. The van der Waals surface area contributed by atoms with E-state index in [0.29, 0.717) is 0 Å². The van der Waals surface area contributed by atoms with Crippen molar-refractivity contribution in [2.24, 2.45) is 23.7 Å². The SMILES string of the molecule is CCC(C)C1CN(CC2CC3CCC2C3)CCN1. The Balaban J connectivity index is 1.50. The summed E-state index contributed by atoms with van der Waals surface area (Å²) in [6, 6.07) is 0.738. The minimum atomic E-state index is 0.738. The highest BCUT2D eigenvalue weighted by Crippen LogP contribution is 2.48. The van der Waals surface area contributed by atoms with E-state index in [1.54, 1.807) is 12.8 Å². The lowest BCUT2D eigenvalue weighted by Gasteiger charge is -2.39. The van der Waals surface area contributed by atoms with Gasteiger partial charge in [0.25, 0.3) is 0 Å². The molecule has 0 radical (unpaired) electrons. The maximum Gasteiger partial charge on any atom is 0.0221 e. The van der Waals surface area contributed by atoms with E-state index in [1.807, 2.05) is 0 Å². The Labute approximate surface area is 113 Å². The fourth-order valence-corrected chi connectivity index (χ4v) is 4.61. The monoisotopic (exact) mass is 250 g/mol. The van der Waals surface area contributed by atoms with Crippen LogP contribution in [0.3, 0.4) is 0 Å². The van der Waals surface area contributed by atoms with Gasteiger partial charge in [-0.05, 0) is 42.9 Å². The van der Waals surface area contributed by atoms with Crippen LogP contribution in [0.2, 0.25) is 0 Å². The third-order valence-corrected chi connectivity index (χ3v) is 6.00. The highest BCUT2D eigenvalue weighted by molar-refractivity contribution is 4.92. The first-order valence-corrected chi connectivity index (χ1v) is 8.22. The summed E-state index contributed by atoms with van der Waals surface area (Å²) in [6.07, 6.45) is 7.49. The van der Waals surface area contributed by atoms with Gasteiger partial charge >= 0.3 is 0 Å². The molecule has 18 heavy (non-hydrogen) atoms. The van der Waals surface area contributed by atoms with Crippen molar-refractivity contribution in [1.29, 1.82) is 0 Å². The van der Waals surface area contributed by atoms with Crippen molar-refractivity contribution >= 4 is 0 Å². The van der Waals surface area contributed by atoms with Crippen LogP contribution in [0.25, 0.3) is 0 Å². The maximum absolute atomic E-state index is 3.72. The summed E-state index contributed by atoms with van der Waals surface area (Å²) in [5.41, 5.74) is 0. The van der Waals surface area contributed by atoms with E-state index in [0.717, 1.165) is 29.7 Å². The van der Waals surface area contributed by atoms with Gasteiger partial charge in [0.1, 0.15) is 0 Å². The molecule has 0 aromatic carbocycles. The van der Waals surface area contributed by atoms with Gasteiger partial charge in [0.15, 0.2) is 0 Å². The average Bonchev–Trinajstić information content (AvgIpc) is 3.00. The van der Waals surface area contributed by atoms with Crippen molar-refractivity contribution in [3.05, 3.63) is 0 Å². The molecule has 1 N–H and O–H groups in total. The predicted molar refractivity (Wildman–Crippen MR) is 76.6 cm³/mol. The van der Waals surface area contributed by atoms with Gasteiger partial charge in [-0.1, -0.05) is 26.7 Å². The molecule has 0 aromatic rings. The molecule has 0 amide bonds. The largest absolute Gasteiger partial charge is 0.311 e. The van der Waals surface area contributed by atoms with Crippen LogP contribution in [0.4, 0.5) is 0 Å². The minimum Gasteiger partial charge on any atom is -0.311 e. The average molecular weight is 250 g/mol. The van der Waals surface area contributed by atoms with Crippen LogP contribution in [-0.2, 0) is 0 Å². The molecular weight excluding hydrogens is 220 g/mol. The van der Waals surface area contributed by atoms with E-state index in [4.69, 9.17) is 0 Å². The Kier molecular flexibility index (Phi) is 3.95. The molecule has 2 aliphatic carbocycles. The van der Waals surface area contributed by atoms with Crippen molar-refractivity contribution in [2.75, 3.05) is 26.2 Å². The van der Waals surface area contributed by atoms with Crippen LogP contribution in [0.5, 0.6) is 0 Å². The lowest BCUT2D eigenvalue weighted by Crippen LogP contribution is -2.54. The molecule has 5 unspecified atom stereocenters. The van der Waals surface area contributed by atoms with Crippen LogP contribution < -0.4 is 5.32 Å². The standard InChI is InChI=1S/C16H30N2/c1-3-12(2)16-11-18(7-6-17-16)10-15-9-13-4-5-14(15)8-13/h12-17H,3-11H2,1-2H3. The summed E-state index contributed by atoms with van der Waals surface area (Å²) in [6.45, 7) is 9.90. The van der Waals surface area contributed by atoms with E-state index in [1.165, 1.54) is 45.4 Å². The Morgan fingerprint density at radius 1 is 1.28 bits per heavy atom. The van der Waals surface area contributed by atoms with Crippen LogP contribution >= 0.6 is 0 Å². The van der Waals surface area contributed by atoms with Crippen molar-refractivity contribution in [1.82, 2.24) is 10.2 Å². The number of hydrogen-bond donors (Lipinski definition) is 1. The van der Waals surface area contributed by atoms with Crippen LogP contribution in [0.15, 0.2) is 0 Å². The van der Waals surface area contributed by atoms with Gasteiger partial charge in [0, 0.05) is 32.2 Å². The Bertz CT molecular complexity index is 278. The Morgan fingerprint density at radius 3 is 2.83 bits per heavy atom. The maximum atomic E-state index is 3.72. The second kappa shape index (κ2) is 5.50. The zero-order valence-electron chi connectivity index (χ0n) is 12.2. The summed E-state index contributed by atoms with van der Waals surface area (Å²) in [5, 5.41) is 3.72. The minimum absolute atomic E-state index is 0.738. The number of rotatable bonds is 4. The van der Waals surface area contributed by atoms with Crippen LogP contribution in [-0.4, -0.2) is 37.1 Å². The molecule has 1 aliphatic heterocycles. The topological polar surface area (TPSA) is 15.3 Å². The van der Waals surface area contributed by atoms with Gasteiger partial charge in [0.2, 0.25) is 0 Å². The molecule has 2 heteroatoms. The number of piperazine rings is 1. The molecule has 0 spiro atoms. The molecule has 2 saturated carbocycles. The third kappa shape index (κ3) is 2.60. The van der Waals surface area contributed by atoms with Crippen molar-refractivity contribution in [3.63, 3.8) is 0 Å². The van der Waals surface area contributed by atoms with E-state index in [-0.39, 0.29) is 0 Å². The highest BCUT2D eigenvalue weighted by Gasteiger charge is 2.40. The van der Waals surface area contributed by atoms with Gasteiger partial charge in [-0.3, -0.25) is 0 Å². The smallest absolute Gasteiger partial charge is 0.0221 e. The number of hydrogen-bond acceptors (Lipinski definition) is 2. The Hall–Kier alpha value is -0.0800. The fourth-order valence-electron chi connectivity index (χ4n) is 4.61. The highest BCUT2D eigenvalue weighted by atomic mass is 15.2. The summed E-state index contributed by atoms with van der Waals surface area (Å²) >= 11 is 0. The summed E-state index contributed by atoms with van der Waals surface area (Å²) in [7, 11) is 0. The number of fused-ring (bicyclic) bond motifs is 2. The Morgan fingerprint density at radius 2 is 2.17 bits per heavy atom. The van der Waals surface area contributed by atoms with E-state index in [2.05, 4.69) is 24.1 Å². The molecule has 5 atom stereocenters. The fraction of sp³-hybridized carbons (Fsp3) is 1.00. The first-order chi connectivity index (χ1) is 8.76. The van der Waals surface area contributed by atoms with Crippen LogP contribution in [0.1, 0.15) is 46.0 Å². The van der Waals surface area contributed by atoms with Gasteiger partial charge in [-0.15, -0.1) is 0 Å². The normalized spacial score (nSPS) is 42.3. The van der Waals surface area contributed by atoms with Crippen molar-refractivity contribution in [2.45, 2.75) is 52.0 Å². The molecule has 1 heterocycles. The van der Waals surface area contributed by atoms with Gasteiger partial charge in [0.05, 0.1) is 0 Å². The van der Waals surface area contributed by atoms with Crippen molar-refractivity contribution < 1.29 is 0 Å². The molecule has 2 bridgehead atoms. The van der Waals surface area contributed by atoms with Gasteiger partial charge in [-0.25, -0.2) is 0 Å². The zero-order chi connectivity index (χ0) is 12.5. The third-order valence-electron chi connectivity index (χ3n) is 6.00. The molecule has 3 aliphatic rings. The second-order valence-electron chi connectivity index (χ2n) is 7.14. The molecule has 3 rings (SSSR count). The van der Waals surface area contributed by atoms with Gasteiger partial charge < -0.3 is 10.2 Å². The molecule has 2 nitrogen and oxygen atoms in total. The van der Waals surface area contributed by atoms with Gasteiger partial charge in [-0.2, -0.15) is 0 Å². The lowest BCUT2D eigenvalue weighted by molar-refractivity contribution is 0.130. The summed E-state index contributed by atoms with van der Waals surface area (Å²) in [5.74, 6) is 4.06. The molecular formula is C16H30N2.